The highest BCUT2D eigenvalue weighted by Gasteiger charge is 2.14. The molecule has 4 heteroatoms. The minimum absolute atomic E-state index is 0.0453. The fourth-order valence-corrected chi connectivity index (χ4v) is 7.22. The van der Waals surface area contributed by atoms with Crippen molar-refractivity contribution in [3.63, 3.8) is 0 Å². The molecule has 0 aromatic rings. The van der Waals surface area contributed by atoms with Crippen molar-refractivity contribution in [2.24, 2.45) is 0 Å². The fourth-order valence-electron chi connectivity index (χ4n) is 7.22. The largest absolute Gasteiger partial charge is 0.481 e. The standard InChI is InChI=1S/C48H90O4/c1-3-5-7-9-10-11-12-13-14-15-16-17-18-19-20-24-27-30-33-37-41-45-48(51)52-46(42-38-34-8-6-4-2)43-39-35-31-28-25-22-21-23-26-29-32-36-40-44-47(49)50/h10-11,13-14,46H,3-9,12,15-45H2,1-2H3,(H,49,50)/b11-10-,14-13-. The summed E-state index contributed by atoms with van der Waals surface area (Å²) in [5.74, 6) is -0.621. The van der Waals surface area contributed by atoms with Crippen LogP contribution in [0.25, 0.3) is 0 Å². The smallest absolute Gasteiger partial charge is 0.306 e. The number of unbranched alkanes of at least 4 members (excludes halogenated alkanes) is 30. The Morgan fingerprint density at radius 2 is 0.750 bits per heavy atom. The van der Waals surface area contributed by atoms with Crippen LogP contribution in [0.1, 0.15) is 264 Å². The summed E-state index contributed by atoms with van der Waals surface area (Å²) in [6.45, 7) is 4.53. The molecule has 1 unspecified atom stereocenters. The van der Waals surface area contributed by atoms with Gasteiger partial charge in [-0.25, -0.2) is 0 Å². The van der Waals surface area contributed by atoms with E-state index < -0.39 is 5.97 Å². The molecule has 0 aliphatic heterocycles. The Balaban J connectivity index is 3.78. The van der Waals surface area contributed by atoms with Gasteiger partial charge in [0.2, 0.25) is 0 Å². The lowest BCUT2D eigenvalue weighted by atomic mass is 10.0. The van der Waals surface area contributed by atoms with Gasteiger partial charge in [0.1, 0.15) is 6.10 Å². The molecule has 0 rings (SSSR count). The van der Waals surface area contributed by atoms with E-state index in [0.29, 0.717) is 12.8 Å². The van der Waals surface area contributed by atoms with E-state index in [2.05, 4.69) is 38.2 Å². The molecule has 1 N–H and O–H groups in total. The molecule has 52 heavy (non-hydrogen) atoms. The highest BCUT2D eigenvalue weighted by atomic mass is 16.5. The number of aliphatic carboxylic acids is 1. The molecule has 1 atom stereocenters. The van der Waals surface area contributed by atoms with E-state index in [1.54, 1.807) is 0 Å². The van der Waals surface area contributed by atoms with Crippen molar-refractivity contribution in [3.05, 3.63) is 24.3 Å². The van der Waals surface area contributed by atoms with Crippen molar-refractivity contribution in [1.29, 1.82) is 0 Å². The maximum Gasteiger partial charge on any atom is 0.306 e. The van der Waals surface area contributed by atoms with Gasteiger partial charge in [-0.2, -0.15) is 0 Å². The molecule has 0 bridgehead atoms. The first-order valence-corrected chi connectivity index (χ1v) is 23.3. The Labute approximate surface area is 325 Å². The van der Waals surface area contributed by atoms with E-state index in [-0.39, 0.29) is 12.1 Å². The van der Waals surface area contributed by atoms with Crippen LogP contribution >= 0.6 is 0 Å². The molecule has 0 aromatic carbocycles. The summed E-state index contributed by atoms with van der Waals surface area (Å²) in [7, 11) is 0. The molecule has 0 heterocycles. The van der Waals surface area contributed by atoms with Gasteiger partial charge >= 0.3 is 11.9 Å². The van der Waals surface area contributed by atoms with Gasteiger partial charge in [-0.3, -0.25) is 9.59 Å². The Hall–Kier alpha value is -1.58. The number of carbonyl (C=O) groups excluding carboxylic acids is 1. The van der Waals surface area contributed by atoms with Crippen LogP contribution in [0.4, 0.5) is 0 Å². The lowest BCUT2D eigenvalue weighted by Crippen LogP contribution is -2.18. The molecule has 0 aliphatic carbocycles. The average molecular weight is 731 g/mol. The van der Waals surface area contributed by atoms with Crippen molar-refractivity contribution in [3.8, 4) is 0 Å². The molecule has 0 aliphatic rings. The van der Waals surface area contributed by atoms with Crippen LogP contribution in [-0.4, -0.2) is 23.1 Å². The molecular weight excluding hydrogens is 641 g/mol. The molecule has 4 nitrogen and oxygen atoms in total. The quantitative estimate of drug-likeness (QED) is 0.0385. The zero-order chi connectivity index (χ0) is 37.8. The highest BCUT2D eigenvalue weighted by molar-refractivity contribution is 5.69. The molecule has 0 radical (unpaired) electrons. The number of rotatable bonds is 43. The van der Waals surface area contributed by atoms with E-state index in [4.69, 9.17) is 9.84 Å². The third kappa shape index (κ3) is 42.8. The highest BCUT2D eigenvalue weighted by Crippen LogP contribution is 2.19. The first-order valence-electron chi connectivity index (χ1n) is 23.3. The lowest BCUT2D eigenvalue weighted by molar-refractivity contribution is -0.150. The second-order valence-electron chi connectivity index (χ2n) is 15.9. The van der Waals surface area contributed by atoms with E-state index in [9.17, 15) is 9.59 Å². The van der Waals surface area contributed by atoms with Crippen LogP contribution in [0.5, 0.6) is 0 Å². The number of ether oxygens (including phenoxy) is 1. The van der Waals surface area contributed by atoms with Crippen LogP contribution in [0.15, 0.2) is 24.3 Å². The van der Waals surface area contributed by atoms with Gasteiger partial charge in [0.25, 0.3) is 0 Å². The second-order valence-corrected chi connectivity index (χ2v) is 15.9. The number of hydrogen-bond donors (Lipinski definition) is 1. The third-order valence-electron chi connectivity index (χ3n) is 10.7. The van der Waals surface area contributed by atoms with Gasteiger partial charge in [0.15, 0.2) is 0 Å². The number of hydrogen-bond acceptors (Lipinski definition) is 3. The van der Waals surface area contributed by atoms with E-state index in [0.717, 1.165) is 44.9 Å². The molecule has 306 valence electrons. The molecular formula is C48H90O4. The number of allylic oxidation sites excluding steroid dienone is 4. The predicted octanol–water partition coefficient (Wildman–Crippen LogP) is 16.3. The molecule has 0 amide bonds. The maximum atomic E-state index is 12.7. The van der Waals surface area contributed by atoms with Gasteiger partial charge in [-0.05, 0) is 70.6 Å². The third-order valence-corrected chi connectivity index (χ3v) is 10.7. The SMILES string of the molecule is CCCCC/C=C\C/C=C\CCCCCCCCCCCCCC(=O)OC(CCCCCCC)CCCCCCCCCCCCCCCC(=O)O. The Kier molecular flexibility index (Phi) is 42.5. The number of carboxylic acids is 1. The second kappa shape index (κ2) is 43.8. The summed E-state index contributed by atoms with van der Waals surface area (Å²) < 4.78 is 6.05. The topological polar surface area (TPSA) is 63.6 Å². The van der Waals surface area contributed by atoms with Crippen molar-refractivity contribution < 1.29 is 19.4 Å². The van der Waals surface area contributed by atoms with E-state index in [1.165, 1.54) is 193 Å². The van der Waals surface area contributed by atoms with Crippen molar-refractivity contribution in [2.45, 2.75) is 270 Å². The summed E-state index contributed by atoms with van der Waals surface area (Å²) in [6.07, 6.45) is 56.7. The Morgan fingerprint density at radius 1 is 0.423 bits per heavy atom. The first-order chi connectivity index (χ1) is 25.6. The van der Waals surface area contributed by atoms with Gasteiger partial charge in [0.05, 0.1) is 0 Å². The van der Waals surface area contributed by atoms with Crippen LogP contribution in [0.2, 0.25) is 0 Å². The molecule has 0 fully saturated rings. The minimum Gasteiger partial charge on any atom is -0.481 e. The molecule has 0 spiro atoms. The number of esters is 1. The van der Waals surface area contributed by atoms with Gasteiger partial charge in [0, 0.05) is 12.8 Å². The Bertz CT molecular complexity index is 787. The summed E-state index contributed by atoms with van der Waals surface area (Å²) >= 11 is 0. The lowest BCUT2D eigenvalue weighted by Gasteiger charge is -2.18. The molecule has 0 saturated heterocycles. The predicted molar refractivity (Wildman–Crippen MR) is 227 cm³/mol. The van der Waals surface area contributed by atoms with Crippen LogP contribution < -0.4 is 0 Å². The summed E-state index contributed by atoms with van der Waals surface area (Å²) in [4.78, 5) is 23.3. The molecule has 0 aromatic heterocycles. The summed E-state index contributed by atoms with van der Waals surface area (Å²) in [6, 6.07) is 0. The zero-order valence-electron chi connectivity index (χ0n) is 35.1. The van der Waals surface area contributed by atoms with Gasteiger partial charge in [-0.15, -0.1) is 0 Å². The Morgan fingerprint density at radius 3 is 1.17 bits per heavy atom. The first kappa shape index (κ1) is 50.4. The number of carboxylic acid groups (broad SMARTS) is 1. The normalized spacial score (nSPS) is 12.3. The maximum absolute atomic E-state index is 12.7. The van der Waals surface area contributed by atoms with Gasteiger partial charge < -0.3 is 9.84 Å². The summed E-state index contributed by atoms with van der Waals surface area (Å²) in [5.41, 5.74) is 0. The number of carbonyl (C=O) groups is 2. The molecule has 0 saturated carbocycles. The zero-order valence-corrected chi connectivity index (χ0v) is 35.1. The minimum atomic E-state index is -0.666. The fraction of sp³-hybridized carbons (Fsp3) is 0.875. The van der Waals surface area contributed by atoms with Crippen molar-refractivity contribution in [1.82, 2.24) is 0 Å². The van der Waals surface area contributed by atoms with Crippen molar-refractivity contribution >= 4 is 11.9 Å². The van der Waals surface area contributed by atoms with E-state index >= 15 is 0 Å². The van der Waals surface area contributed by atoms with Gasteiger partial charge in [-0.1, -0.05) is 205 Å². The van der Waals surface area contributed by atoms with Crippen LogP contribution in [0.3, 0.4) is 0 Å². The van der Waals surface area contributed by atoms with Crippen LogP contribution in [0, 0.1) is 0 Å². The average Bonchev–Trinajstić information content (AvgIpc) is 3.13. The monoisotopic (exact) mass is 731 g/mol. The van der Waals surface area contributed by atoms with E-state index in [1.807, 2.05) is 0 Å². The van der Waals surface area contributed by atoms with Crippen molar-refractivity contribution in [2.75, 3.05) is 0 Å². The summed E-state index contributed by atoms with van der Waals surface area (Å²) in [5, 5.41) is 8.70. The van der Waals surface area contributed by atoms with Crippen LogP contribution in [-0.2, 0) is 14.3 Å².